The summed E-state index contributed by atoms with van der Waals surface area (Å²) < 4.78 is 1.17. The quantitative estimate of drug-likeness (QED) is 0.688. The molecule has 0 unspecified atom stereocenters. The Morgan fingerprint density at radius 3 is 2.67 bits per heavy atom. The van der Waals surface area contributed by atoms with E-state index in [2.05, 4.69) is 55.4 Å². The van der Waals surface area contributed by atoms with Crippen molar-refractivity contribution in [2.24, 2.45) is 0 Å². The van der Waals surface area contributed by atoms with Gasteiger partial charge in [-0.15, -0.1) is 11.3 Å². The van der Waals surface area contributed by atoms with Crippen LogP contribution >= 0.6 is 39.5 Å². The molecule has 24 heavy (non-hydrogen) atoms. The standard InChI is InChI=1S/C18H20BrN3S2/c19-15-10-9-14(24-15)17-16(13-8-4-5-11-20-13)21-18(23)22(17)12-6-2-1-3-7-12/h4-5,8-12,16-17H,1-3,6-7H2,(H,21,23)/t16-,17-/m1/s1. The van der Waals surface area contributed by atoms with Crippen LogP contribution in [0.2, 0.25) is 0 Å². The molecule has 1 saturated heterocycles. The molecule has 1 aliphatic carbocycles. The van der Waals surface area contributed by atoms with Crippen LogP contribution in [0.3, 0.4) is 0 Å². The second kappa shape index (κ2) is 7.10. The summed E-state index contributed by atoms with van der Waals surface area (Å²) in [6.07, 6.45) is 8.30. The highest BCUT2D eigenvalue weighted by Crippen LogP contribution is 2.44. The highest BCUT2D eigenvalue weighted by molar-refractivity contribution is 9.11. The van der Waals surface area contributed by atoms with Gasteiger partial charge in [0.15, 0.2) is 5.11 Å². The molecule has 3 heterocycles. The lowest BCUT2D eigenvalue weighted by molar-refractivity contribution is 0.199. The maximum Gasteiger partial charge on any atom is 0.170 e. The number of thiocarbonyl (C=S) groups is 1. The van der Waals surface area contributed by atoms with E-state index in [1.807, 2.05) is 12.3 Å². The van der Waals surface area contributed by atoms with Crippen molar-refractivity contribution in [3.8, 4) is 0 Å². The van der Waals surface area contributed by atoms with Crippen LogP contribution in [-0.4, -0.2) is 21.0 Å². The molecule has 3 nitrogen and oxygen atoms in total. The number of nitrogens with one attached hydrogen (secondary N) is 1. The minimum Gasteiger partial charge on any atom is -0.352 e. The first kappa shape index (κ1) is 16.5. The fourth-order valence-electron chi connectivity index (χ4n) is 3.91. The molecule has 0 bridgehead atoms. The second-order valence-electron chi connectivity index (χ2n) is 6.47. The van der Waals surface area contributed by atoms with E-state index in [4.69, 9.17) is 12.2 Å². The Labute approximate surface area is 160 Å². The molecule has 4 rings (SSSR count). The number of hydrogen-bond acceptors (Lipinski definition) is 3. The molecule has 0 radical (unpaired) electrons. The largest absolute Gasteiger partial charge is 0.352 e. The minimum atomic E-state index is 0.117. The Hall–Kier alpha value is -0.980. The van der Waals surface area contributed by atoms with Crippen LogP contribution in [0.1, 0.15) is 54.8 Å². The van der Waals surface area contributed by atoms with Crippen molar-refractivity contribution in [2.45, 2.75) is 50.2 Å². The summed E-state index contributed by atoms with van der Waals surface area (Å²) >= 11 is 11.2. The molecular weight excluding hydrogens is 402 g/mol. The predicted molar refractivity (Wildman–Crippen MR) is 106 cm³/mol. The zero-order valence-corrected chi connectivity index (χ0v) is 16.5. The highest BCUT2D eigenvalue weighted by atomic mass is 79.9. The maximum absolute atomic E-state index is 5.76. The molecule has 6 heteroatoms. The van der Waals surface area contributed by atoms with Crippen LogP contribution in [0, 0.1) is 0 Å². The Bertz CT molecular complexity index is 712. The number of pyridine rings is 1. The van der Waals surface area contributed by atoms with Crippen molar-refractivity contribution in [3.63, 3.8) is 0 Å². The lowest BCUT2D eigenvalue weighted by atomic mass is 9.92. The maximum atomic E-state index is 5.76. The third-order valence-electron chi connectivity index (χ3n) is 4.99. The van der Waals surface area contributed by atoms with E-state index in [9.17, 15) is 0 Å². The predicted octanol–water partition coefficient (Wildman–Crippen LogP) is 5.21. The first-order valence-electron chi connectivity index (χ1n) is 8.49. The Morgan fingerprint density at radius 2 is 2.00 bits per heavy atom. The highest BCUT2D eigenvalue weighted by Gasteiger charge is 2.43. The molecule has 2 aromatic rings. The zero-order chi connectivity index (χ0) is 16.5. The smallest absolute Gasteiger partial charge is 0.170 e. The molecule has 2 fully saturated rings. The van der Waals surface area contributed by atoms with E-state index in [-0.39, 0.29) is 12.1 Å². The van der Waals surface area contributed by atoms with Crippen molar-refractivity contribution < 1.29 is 0 Å². The van der Waals surface area contributed by atoms with Crippen LogP contribution in [0.5, 0.6) is 0 Å². The summed E-state index contributed by atoms with van der Waals surface area (Å²) in [5.41, 5.74) is 1.06. The van der Waals surface area contributed by atoms with Crippen molar-refractivity contribution in [1.82, 2.24) is 15.2 Å². The third kappa shape index (κ3) is 3.11. The van der Waals surface area contributed by atoms with E-state index in [0.717, 1.165) is 10.8 Å². The summed E-state index contributed by atoms with van der Waals surface area (Å²) in [5.74, 6) is 0. The first-order chi connectivity index (χ1) is 11.7. The number of hydrogen-bond donors (Lipinski definition) is 1. The lowest BCUT2D eigenvalue weighted by Gasteiger charge is -2.36. The van der Waals surface area contributed by atoms with Gasteiger partial charge in [-0.1, -0.05) is 25.3 Å². The van der Waals surface area contributed by atoms with Crippen molar-refractivity contribution in [1.29, 1.82) is 0 Å². The van der Waals surface area contributed by atoms with Gasteiger partial charge in [-0.2, -0.15) is 0 Å². The van der Waals surface area contributed by atoms with E-state index < -0.39 is 0 Å². The number of nitrogens with zero attached hydrogens (tertiary/aromatic N) is 2. The average Bonchev–Trinajstić information content (AvgIpc) is 3.19. The van der Waals surface area contributed by atoms with Gasteiger partial charge in [-0.25, -0.2) is 0 Å². The van der Waals surface area contributed by atoms with Crippen LogP contribution in [0.25, 0.3) is 0 Å². The van der Waals surface area contributed by atoms with Gasteiger partial charge in [0.2, 0.25) is 0 Å². The van der Waals surface area contributed by atoms with E-state index in [1.54, 1.807) is 11.3 Å². The fourth-order valence-corrected chi connectivity index (χ4v) is 5.86. The van der Waals surface area contributed by atoms with Gasteiger partial charge in [0, 0.05) is 17.1 Å². The monoisotopic (exact) mass is 421 g/mol. The summed E-state index contributed by atoms with van der Waals surface area (Å²) in [4.78, 5) is 8.41. The molecule has 1 N–H and O–H groups in total. The molecule has 0 spiro atoms. The van der Waals surface area contributed by atoms with E-state index in [1.165, 1.54) is 40.8 Å². The summed E-state index contributed by atoms with van der Waals surface area (Å²) in [6, 6.07) is 11.4. The Morgan fingerprint density at radius 1 is 1.17 bits per heavy atom. The molecule has 0 aromatic carbocycles. The Balaban J connectivity index is 1.73. The number of halogens is 1. The number of aromatic nitrogens is 1. The lowest BCUT2D eigenvalue weighted by Crippen LogP contribution is -2.40. The molecule has 2 aliphatic rings. The fraction of sp³-hybridized carbons (Fsp3) is 0.444. The molecular formula is C18H20BrN3S2. The van der Waals surface area contributed by atoms with Gasteiger partial charge in [0.25, 0.3) is 0 Å². The van der Waals surface area contributed by atoms with E-state index >= 15 is 0 Å². The van der Waals surface area contributed by atoms with Gasteiger partial charge >= 0.3 is 0 Å². The number of thiophene rings is 1. The van der Waals surface area contributed by atoms with Gasteiger partial charge in [-0.3, -0.25) is 4.98 Å². The second-order valence-corrected chi connectivity index (χ2v) is 9.35. The normalized spacial score (nSPS) is 25.0. The van der Waals surface area contributed by atoms with Gasteiger partial charge in [0.1, 0.15) is 0 Å². The molecule has 126 valence electrons. The topological polar surface area (TPSA) is 28.2 Å². The molecule has 1 aliphatic heterocycles. The van der Waals surface area contributed by atoms with Crippen LogP contribution in [0.15, 0.2) is 40.3 Å². The summed E-state index contributed by atoms with van der Waals surface area (Å²) in [6.45, 7) is 0. The molecule has 2 aromatic heterocycles. The van der Waals surface area contributed by atoms with Crippen LogP contribution in [-0.2, 0) is 0 Å². The summed E-state index contributed by atoms with van der Waals surface area (Å²) in [7, 11) is 0. The third-order valence-corrected chi connectivity index (χ3v) is 7.01. The molecule has 2 atom stereocenters. The Kier molecular flexibility index (Phi) is 4.88. The van der Waals surface area contributed by atoms with Crippen molar-refractivity contribution in [2.75, 3.05) is 0 Å². The molecule has 1 saturated carbocycles. The SMILES string of the molecule is S=C1N[C@H](c2ccccn2)[C@@H](c2ccc(Br)s2)N1C1CCCCC1. The van der Waals surface area contributed by atoms with E-state index in [0.29, 0.717) is 6.04 Å². The average molecular weight is 422 g/mol. The van der Waals surface area contributed by atoms with Gasteiger partial charge < -0.3 is 10.2 Å². The minimum absolute atomic E-state index is 0.117. The molecule has 0 amide bonds. The summed E-state index contributed by atoms with van der Waals surface area (Å²) in [5, 5.41) is 4.44. The zero-order valence-electron chi connectivity index (χ0n) is 13.3. The first-order valence-corrected chi connectivity index (χ1v) is 10.5. The van der Waals surface area contributed by atoms with Crippen LogP contribution in [0.4, 0.5) is 0 Å². The van der Waals surface area contributed by atoms with Crippen LogP contribution < -0.4 is 5.32 Å². The number of rotatable bonds is 3. The van der Waals surface area contributed by atoms with Crippen molar-refractivity contribution in [3.05, 3.63) is 50.9 Å². The van der Waals surface area contributed by atoms with Gasteiger partial charge in [0.05, 0.1) is 21.6 Å². The van der Waals surface area contributed by atoms with Crippen molar-refractivity contribution >= 4 is 44.6 Å². The van der Waals surface area contributed by atoms with Gasteiger partial charge in [-0.05, 0) is 65.3 Å².